The van der Waals surface area contributed by atoms with Crippen molar-refractivity contribution in [1.29, 1.82) is 0 Å². The molecule has 63 valence electrons. The molecule has 0 heteroatoms. The molecule has 0 amide bonds. The molecule has 3 aromatic rings. The van der Waals surface area contributed by atoms with Gasteiger partial charge in [0.05, 0.1) is 0 Å². The monoisotopic (exact) mass is 175 g/mol. The normalized spacial score (nSPS) is 10.9. The van der Waals surface area contributed by atoms with Crippen LogP contribution in [0.25, 0.3) is 21.5 Å². The summed E-state index contributed by atoms with van der Waals surface area (Å²) < 4.78 is 0. The number of benzene rings is 3. The molecule has 0 heterocycles. The van der Waals surface area contributed by atoms with E-state index in [1.54, 1.807) is 0 Å². The second-order valence-corrected chi connectivity index (χ2v) is 3.25. The van der Waals surface area contributed by atoms with Gasteiger partial charge in [-0.3, -0.25) is 0 Å². The summed E-state index contributed by atoms with van der Waals surface area (Å²) in [6.45, 7) is 0. The lowest BCUT2D eigenvalue weighted by molar-refractivity contribution is 1.74. The van der Waals surface area contributed by atoms with Crippen LogP contribution >= 0.6 is 0 Å². The van der Waals surface area contributed by atoms with Gasteiger partial charge >= 0.3 is 0 Å². The van der Waals surface area contributed by atoms with Crippen LogP contribution in [0.3, 0.4) is 0 Å². The van der Waals surface area contributed by atoms with E-state index in [1.165, 1.54) is 0 Å². The Balaban J connectivity index is 2.52. The minimum atomic E-state index is 1.01. The lowest BCUT2D eigenvalue weighted by atomic mass is 10.0. The van der Waals surface area contributed by atoms with Gasteiger partial charge in [0.15, 0.2) is 0 Å². The highest BCUT2D eigenvalue weighted by Crippen LogP contribution is 2.20. The summed E-state index contributed by atoms with van der Waals surface area (Å²) >= 11 is 0. The van der Waals surface area contributed by atoms with Crippen LogP contribution < -0.4 is 0 Å². The highest BCUT2D eigenvalue weighted by molar-refractivity contribution is 5.96. The smallest absolute Gasteiger partial charge is 0.000740 e. The number of hydrogen-bond acceptors (Lipinski definition) is 0. The summed E-state index contributed by atoms with van der Waals surface area (Å²) in [6.07, 6.45) is 0. The third kappa shape index (κ3) is 1.08. The molecule has 0 saturated carbocycles. The van der Waals surface area contributed by atoms with Crippen LogP contribution in [0.15, 0.2) is 42.5 Å². The Morgan fingerprint density at radius 1 is 0.714 bits per heavy atom. The fourth-order valence-electron chi connectivity index (χ4n) is 1.63. The van der Waals surface area contributed by atoms with Crippen molar-refractivity contribution in [1.82, 2.24) is 0 Å². The molecule has 3 rings (SSSR count). The van der Waals surface area contributed by atoms with Crippen LogP contribution in [-0.2, 0) is 0 Å². The Kier molecular flexibility index (Phi) is 1.54. The van der Waals surface area contributed by atoms with Gasteiger partial charge in [-0.15, -0.1) is 0 Å². The quantitative estimate of drug-likeness (QED) is 0.459. The number of hydrogen-bond donors (Lipinski definition) is 0. The average Bonchev–Trinajstić information content (AvgIpc) is 2.26. The minimum Gasteiger partial charge on any atom is -0.0616 e. The Morgan fingerprint density at radius 2 is 1.43 bits per heavy atom. The van der Waals surface area contributed by atoms with Gasteiger partial charge in [-0.2, -0.15) is 0 Å². The molecule has 0 aliphatic carbocycles. The van der Waals surface area contributed by atoms with E-state index in [2.05, 4.69) is 24.3 Å². The van der Waals surface area contributed by atoms with E-state index in [4.69, 9.17) is 0 Å². The average molecular weight is 175 g/mol. The molecule has 0 aromatic heterocycles. The van der Waals surface area contributed by atoms with Gasteiger partial charge in [-0.1, -0.05) is 42.5 Å². The van der Waals surface area contributed by atoms with Crippen molar-refractivity contribution in [3.05, 3.63) is 60.7 Å². The van der Waals surface area contributed by atoms with Crippen molar-refractivity contribution in [2.24, 2.45) is 0 Å². The number of rotatable bonds is 0. The first-order valence-corrected chi connectivity index (χ1v) is 4.57. The van der Waals surface area contributed by atoms with Gasteiger partial charge in [-0.25, -0.2) is 0 Å². The Bertz CT molecular complexity index is 489. The molecule has 0 aliphatic heterocycles. The lowest BCUT2D eigenvalue weighted by Gasteiger charge is -1.99. The van der Waals surface area contributed by atoms with Crippen LogP contribution in [0, 0.1) is 18.2 Å². The zero-order valence-corrected chi connectivity index (χ0v) is 7.54. The third-order valence-corrected chi connectivity index (χ3v) is 2.31. The van der Waals surface area contributed by atoms with Crippen LogP contribution in [0.5, 0.6) is 0 Å². The van der Waals surface area contributed by atoms with Gasteiger partial charge in [0.25, 0.3) is 0 Å². The first-order valence-electron chi connectivity index (χ1n) is 4.57. The molecule has 0 atom stereocenters. The summed E-state index contributed by atoms with van der Waals surface area (Å²) in [5.74, 6) is 0. The molecule has 0 aliphatic rings. The van der Waals surface area contributed by atoms with E-state index in [-0.39, 0.29) is 0 Å². The van der Waals surface area contributed by atoms with Crippen molar-refractivity contribution in [3.8, 4) is 0 Å². The van der Waals surface area contributed by atoms with Crippen LogP contribution in [0.1, 0.15) is 0 Å². The summed E-state index contributed by atoms with van der Waals surface area (Å²) in [7, 11) is 0. The highest BCUT2D eigenvalue weighted by Gasteiger charge is 1.96. The van der Waals surface area contributed by atoms with E-state index in [9.17, 15) is 0 Å². The van der Waals surface area contributed by atoms with Crippen molar-refractivity contribution in [2.45, 2.75) is 0 Å². The summed E-state index contributed by atoms with van der Waals surface area (Å²) in [5, 5.41) is 4.29. The maximum atomic E-state index is 3.35. The van der Waals surface area contributed by atoms with Crippen molar-refractivity contribution in [3.63, 3.8) is 0 Å². The zero-order chi connectivity index (χ0) is 9.38. The van der Waals surface area contributed by atoms with Crippen LogP contribution in [0.4, 0.5) is 0 Å². The summed E-state index contributed by atoms with van der Waals surface area (Å²) in [6, 6.07) is 23.9. The topological polar surface area (TPSA) is 0 Å². The Morgan fingerprint density at radius 3 is 2.29 bits per heavy atom. The molecule has 0 bridgehead atoms. The molecule has 3 radical (unpaired) electrons. The maximum absolute atomic E-state index is 3.35. The second-order valence-electron chi connectivity index (χ2n) is 3.25. The van der Waals surface area contributed by atoms with E-state index >= 15 is 0 Å². The first-order chi connectivity index (χ1) is 6.93. The Labute approximate surface area is 82.8 Å². The van der Waals surface area contributed by atoms with Gasteiger partial charge in [0.1, 0.15) is 0 Å². The minimum absolute atomic E-state index is 1.01. The SMILES string of the molecule is [c]1cccc2[c]c3ccccc3[c]c12. The van der Waals surface area contributed by atoms with E-state index in [0.717, 1.165) is 21.5 Å². The molecule has 14 heavy (non-hydrogen) atoms. The van der Waals surface area contributed by atoms with Crippen LogP contribution in [-0.4, -0.2) is 0 Å². The van der Waals surface area contributed by atoms with E-state index in [0.29, 0.717) is 0 Å². The molecule has 3 aromatic carbocycles. The van der Waals surface area contributed by atoms with Gasteiger partial charge in [-0.05, 0) is 39.7 Å². The second kappa shape index (κ2) is 2.85. The van der Waals surface area contributed by atoms with E-state index in [1.807, 2.05) is 36.4 Å². The fraction of sp³-hybridized carbons (Fsp3) is 0. The molecule has 0 unspecified atom stereocenters. The molecule has 0 fully saturated rings. The van der Waals surface area contributed by atoms with Crippen molar-refractivity contribution in [2.75, 3.05) is 0 Å². The maximum Gasteiger partial charge on any atom is -0.000740 e. The zero-order valence-electron chi connectivity index (χ0n) is 7.54. The lowest BCUT2D eigenvalue weighted by Crippen LogP contribution is -1.76. The summed E-state index contributed by atoms with van der Waals surface area (Å²) in [5.41, 5.74) is 0. The standard InChI is InChI=1S/C14H7/c1-2-6-12-10-14-8-4-3-7-13(14)9-11(12)5-1/h1-7H. The molecule has 0 N–H and O–H groups in total. The molecule has 0 saturated heterocycles. The van der Waals surface area contributed by atoms with Gasteiger partial charge in [0, 0.05) is 0 Å². The molecule has 0 nitrogen and oxygen atoms in total. The summed E-state index contributed by atoms with van der Waals surface area (Å²) in [4.78, 5) is 0. The highest BCUT2D eigenvalue weighted by atomic mass is 14.0. The van der Waals surface area contributed by atoms with Gasteiger partial charge in [0.2, 0.25) is 0 Å². The predicted molar refractivity (Wildman–Crippen MR) is 58.0 cm³/mol. The first kappa shape index (κ1) is 7.57. The van der Waals surface area contributed by atoms with Crippen molar-refractivity contribution < 1.29 is 0 Å². The number of fused-ring (bicyclic) bond motifs is 2. The third-order valence-electron chi connectivity index (χ3n) is 2.31. The Hall–Kier alpha value is -1.82. The van der Waals surface area contributed by atoms with E-state index < -0.39 is 0 Å². The largest absolute Gasteiger partial charge is 0.0616 e. The molecular formula is C14H7. The predicted octanol–water partition coefficient (Wildman–Crippen LogP) is 3.39. The van der Waals surface area contributed by atoms with Crippen LogP contribution in [0.2, 0.25) is 0 Å². The van der Waals surface area contributed by atoms with Gasteiger partial charge < -0.3 is 0 Å². The molecular weight excluding hydrogens is 168 g/mol. The fourth-order valence-corrected chi connectivity index (χ4v) is 1.63. The molecule has 0 spiro atoms. The van der Waals surface area contributed by atoms with Crippen molar-refractivity contribution >= 4 is 21.5 Å².